The lowest BCUT2D eigenvalue weighted by atomic mass is 10.2. The van der Waals surface area contributed by atoms with Crippen LogP contribution in [0.4, 0.5) is 8.78 Å². The monoisotopic (exact) mass is 299 g/mol. The average molecular weight is 300 g/mol. The van der Waals surface area contributed by atoms with Crippen molar-refractivity contribution in [3.05, 3.63) is 58.3 Å². The highest BCUT2D eigenvalue weighted by atomic mass is 79.9. The number of rotatable bonds is 3. The van der Waals surface area contributed by atoms with Gasteiger partial charge in [0.25, 0.3) is 5.95 Å². The third-order valence-electron chi connectivity index (χ3n) is 2.12. The van der Waals surface area contributed by atoms with E-state index in [4.69, 9.17) is 4.74 Å². The predicted octanol–water partition coefficient (Wildman–Crippen LogP) is 3.70. The Hall–Kier alpha value is -1.49. The maximum absolute atomic E-state index is 13.1. The van der Waals surface area contributed by atoms with Gasteiger partial charge in [-0.05, 0) is 24.3 Å². The highest BCUT2D eigenvalue weighted by molar-refractivity contribution is 9.10. The van der Waals surface area contributed by atoms with Gasteiger partial charge in [-0.1, -0.05) is 22.0 Å². The molecule has 0 unspecified atom stereocenters. The molecule has 0 saturated carbocycles. The normalized spacial score (nSPS) is 10.3. The van der Waals surface area contributed by atoms with Crippen molar-refractivity contribution in [3.63, 3.8) is 0 Å². The van der Waals surface area contributed by atoms with Gasteiger partial charge < -0.3 is 4.74 Å². The van der Waals surface area contributed by atoms with Crippen LogP contribution in [0.25, 0.3) is 0 Å². The summed E-state index contributed by atoms with van der Waals surface area (Å²) < 4.78 is 31.8. The minimum Gasteiger partial charge on any atom is -0.484 e. The number of nitrogens with zero attached hydrogens (tertiary/aromatic N) is 1. The van der Waals surface area contributed by atoms with E-state index >= 15 is 0 Å². The van der Waals surface area contributed by atoms with Gasteiger partial charge in [0.1, 0.15) is 12.4 Å². The number of aromatic nitrogens is 1. The van der Waals surface area contributed by atoms with Crippen LogP contribution >= 0.6 is 15.9 Å². The second kappa shape index (κ2) is 5.23. The molecular weight excluding hydrogens is 292 g/mol. The van der Waals surface area contributed by atoms with Crippen molar-refractivity contribution in [1.82, 2.24) is 4.98 Å². The first-order valence-electron chi connectivity index (χ1n) is 4.84. The van der Waals surface area contributed by atoms with Gasteiger partial charge in [0.15, 0.2) is 5.75 Å². The highest BCUT2D eigenvalue weighted by Crippen LogP contribution is 2.21. The van der Waals surface area contributed by atoms with E-state index in [1.807, 2.05) is 0 Å². The Labute approximate surface area is 105 Å². The molecule has 0 aliphatic rings. The van der Waals surface area contributed by atoms with E-state index < -0.39 is 5.95 Å². The third-order valence-corrected chi connectivity index (χ3v) is 2.86. The summed E-state index contributed by atoms with van der Waals surface area (Å²) in [5, 5.41) is 0. The summed E-state index contributed by atoms with van der Waals surface area (Å²) in [7, 11) is 0. The smallest absolute Gasteiger partial charge is 0.255 e. The molecule has 0 aliphatic heterocycles. The molecule has 0 N–H and O–H groups in total. The zero-order valence-electron chi connectivity index (χ0n) is 8.66. The third kappa shape index (κ3) is 3.00. The van der Waals surface area contributed by atoms with Crippen molar-refractivity contribution < 1.29 is 13.5 Å². The number of benzene rings is 1. The second-order valence-electron chi connectivity index (χ2n) is 3.32. The SMILES string of the molecule is Fc1ccc(COc2cccnc2F)c(Br)c1. The fourth-order valence-electron chi connectivity index (χ4n) is 1.27. The second-order valence-corrected chi connectivity index (χ2v) is 4.17. The van der Waals surface area contributed by atoms with E-state index in [2.05, 4.69) is 20.9 Å². The quantitative estimate of drug-likeness (QED) is 0.806. The van der Waals surface area contributed by atoms with Crippen molar-refractivity contribution in [2.45, 2.75) is 6.61 Å². The summed E-state index contributed by atoms with van der Waals surface area (Å²) in [4.78, 5) is 3.46. The standard InChI is InChI=1S/C12H8BrF2NO/c13-10-6-9(14)4-3-8(10)7-17-11-2-1-5-16-12(11)15/h1-6H,7H2. The zero-order chi connectivity index (χ0) is 12.3. The van der Waals surface area contributed by atoms with Crippen LogP contribution < -0.4 is 4.74 Å². The molecular formula is C12H8BrF2NO. The lowest BCUT2D eigenvalue weighted by Gasteiger charge is -2.08. The topological polar surface area (TPSA) is 22.1 Å². The van der Waals surface area contributed by atoms with Gasteiger partial charge in [0.05, 0.1) is 0 Å². The fourth-order valence-corrected chi connectivity index (χ4v) is 1.74. The average Bonchev–Trinajstić information content (AvgIpc) is 2.30. The summed E-state index contributed by atoms with van der Waals surface area (Å²) in [6.45, 7) is 0.142. The molecule has 0 spiro atoms. The van der Waals surface area contributed by atoms with E-state index in [-0.39, 0.29) is 18.2 Å². The van der Waals surface area contributed by atoms with Crippen LogP contribution in [-0.2, 0) is 6.61 Å². The molecule has 0 amide bonds. The molecule has 2 nitrogen and oxygen atoms in total. The first-order valence-corrected chi connectivity index (χ1v) is 5.63. The number of halogens is 3. The Bertz CT molecular complexity index is 534. The Morgan fingerprint density at radius 2 is 2.06 bits per heavy atom. The van der Waals surface area contributed by atoms with Crippen LogP contribution in [0.2, 0.25) is 0 Å². The lowest BCUT2D eigenvalue weighted by molar-refractivity contribution is 0.285. The molecule has 88 valence electrons. The van der Waals surface area contributed by atoms with Gasteiger partial charge in [-0.25, -0.2) is 9.37 Å². The van der Waals surface area contributed by atoms with Crippen LogP contribution in [0, 0.1) is 11.8 Å². The molecule has 0 bridgehead atoms. The summed E-state index contributed by atoms with van der Waals surface area (Å²) in [5.74, 6) is -0.928. The molecule has 0 radical (unpaired) electrons. The van der Waals surface area contributed by atoms with Gasteiger partial charge in [0, 0.05) is 16.2 Å². The highest BCUT2D eigenvalue weighted by Gasteiger charge is 2.06. The van der Waals surface area contributed by atoms with Crippen molar-refractivity contribution in [2.24, 2.45) is 0 Å². The Morgan fingerprint density at radius 1 is 1.24 bits per heavy atom. The summed E-state index contributed by atoms with van der Waals surface area (Å²) in [6.07, 6.45) is 1.34. The molecule has 0 fully saturated rings. The Balaban J connectivity index is 2.10. The van der Waals surface area contributed by atoms with E-state index in [9.17, 15) is 8.78 Å². The molecule has 1 aromatic carbocycles. The Kier molecular flexibility index (Phi) is 3.68. The maximum Gasteiger partial charge on any atom is 0.255 e. The molecule has 1 heterocycles. The number of hydrogen-bond acceptors (Lipinski definition) is 2. The van der Waals surface area contributed by atoms with Crippen molar-refractivity contribution in [1.29, 1.82) is 0 Å². The van der Waals surface area contributed by atoms with Gasteiger partial charge >= 0.3 is 0 Å². The fraction of sp³-hybridized carbons (Fsp3) is 0.0833. The van der Waals surface area contributed by atoms with Gasteiger partial charge in [-0.2, -0.15) is 4.39 Å². The van der Waals surface area contributed by atoms with Gasteiger partial charge in [-0.15, -0.1) is 0 Å². The van der Waals surface area contributed by atoms with Crippen LogP contribution in [0.5, 0.6) is 5.75 Å². The lowest BCUT2D eigenvalue weighted by Crippen LogP contribution is -1.99. The van der Waals surface area contributed by atoms with Crippen LogP contribution in [0.3, 0.4) is 0 Å². The molecule has 2 aromatic rings. The van der Waals surface area contributed by atoms with E-state index in [1.54, 1.807) is 12.1 Å². The summed E-state index contributed by atoms with van der Waals surface area (Å²) >= 11 is 3.21. The molecule has 2 rings (SSSR count). The minimum absolute atomic E-state index is 0.0729. The zero-order valence-corrected chi connectivity index (χ0v) is 10.2. The summed E-state index contributed by atoms with van der Waals surface area (Å²) in [6, 6.07) is 7.30. The number of ether oxygens (including phenoxy) is 1. The van der Waals surface area contributed by atoms with E-state index in [1.165, 1.54) is 24.4 Å². The van der Waals surface area contributed by atoms with Gasteiger partial charge in [0.2, 0.25) is 0 Å². The van der Waals surface area contributed by atoms with Crippen LogP contribution in [0.15, 0.2) is 41.0 Å². The maximum atomic E-state index is 13.1. The Morgan fingerprint density at radius 3 is 2.76 bits per heavy atom. The van der Waals surface area contributed by atoms with E-state index in [0.717, 1.165) is 5.56 Å². The predicted molar refractivity (Wildman–Crippen MR) is 62.6 cm³/mol. The first-order chi connectivity index (χ1) is 8.16. The molecule has 17 heavy (non-hydrogen) atoms. The van der Waals surface area contributed by atoms with E-state index in [0.29, 0.717) is 4.47 Å². The van der Waals surface area contributed by atoms with Crippen molar-refractivity contribution in [3.8, 4) is 5.75 Å². The van der Waals surface area contributed by atoms with Crippen LogP contribution in [-0.4, -0.2) is 4.98 Å². The number of hydrogen-bond donors (Lipinski definition) is 0. The van der Waals surface area contributed by atoms with Crippen molar-refractivity contribution >= 4 is 15.9 Å². The summed E-state index contributed by atoms with van der Waals surface area (Å²) in [5.41, 5.74) is 0.731. The van der Waals surface area contributed by atoms with Crippen LogP contribution in [0.1, 0.15) is 5.56 Å². The van der Waals surface area contributed by atoms with Crippen molar-refractivity contribution in [2.75, 3.05) is 0 Å². The first kappa shape index (κ1) is 12.0. The largest absolute Gasteiger partial charge is 0.484 e. The minimum atomic E-state index is -0.661. The molecule has 0 saturated heterocycles. The molecule has 0 aliphatic carbocycles. The molecule has 0 atom stereocenters. The number of pyridine rings is 1. The molecule has 1 aromatic heterocycles. The van der Waals surface area contributed by atoms with Gasteiger partial charge in [-0.3, -0.25) is 0 Å². The molecule has 5 heteroatoms.